The fourth-order valence-electron chi connectivity index (χ4n) is 1.82. The van der Waals surface area contributed by atoms with Crippen molar-refractivity contribution in [2.45, 2.75) is 13.5 Å². The van der Waals surface area contributed by atoms with Gasteiger partial charge in [-0.2, -0.15) is 5.10 Å². The highest BCUT2D eigenvalue weighted by molar-refractivity contribution is 5.92. The number of carbonyl (C=O) groups excluding carboxylic acids is 1. The van der Waals surface area contributed by atoms with Crippen LogP contribution >= 0.6 is 0 Å². The molecule has 2 aromatic rings. The van der Waals surface area contributed by atoms with Crippen LogP contribution in [0.5, 0.6) is 0 Å². The molecule has 0 spiro atoms. The normalized spacial score (nSPS) is 10.3. The van der Waals surface area contributed by atoms with Crippen molar-refractivity contribution >= 4 is 11.7 Å². The number of nitrogens with one attached hydrogen (secondary N) is 1. The highest BCUT2D eigenvalue weighted by Gasteiger charge is 2.14. The Kier molecular flexibility index (Phi) is 4.29. The lowest BCUT2D eigenvalue weighted by molar-refractivity contribution is 0.0778. The van der Waals surface area contributed by atoms with E-state index in [2.05, 4.69) is 20.6 Å². The van der Waals surface area contributed by atoms with E-state index in [9.17, 15) is 4.79 Å². The van der Waals surface area contributed by atoms with Gasteiger partial charge in [0.1, 0.15) is 5.82 Å². The van der Waals surface area contributed by atoms with Crippen molar-refractivity contribution in [2.24, 2.45) is 7.05 Å². The number of aryl methyl sites for hydroxylation is 1. The van der Waals surface area contributed by atoms with Gasteiger partial charge in [-0.3, -0.25) is 9.48 Å². The lowest BCUT2D eigenvalue weighted by atomic mass is 10.3. The molecule has 0 aliphatic rings. The highest BCUT2D eigenvalue weighted by Crippen LogP contribution is 2.07. The second-order valence-electron chi connectivity index (χ2n) is 4.52. The summed E-state index contributed by atoms with van der Waals surface area (Å²) >= 11 is 0. The van der Waals surface area contributed by atoms with Gasteiger partial charge in [0.05, 0.1) is 6.20 Å². The van der Waals surface area contributed by atoms with E-state index in [1.165, 1.54) is 0 Å². The van der Waals surface area contributed by atoms with Gasteiger partial charge in [0.15, 0.2) is 5.69 Å². The lowest BCUT2D eigenvalue weighted by Gasteiger charge is -2.15. The molecule has 1 amide bonds. The van der Waals surface area contributed by atoms with E-state index in [-0.39, 0.29) is 5.91 Å². The first-order valence-corrected chi connectivity index (χ1v) is 6.40. The zero-order valence-corrected chi connectivity index (χ0v) is 11.9. The lowest BCUT2D eigenvalue weighted by Crippen LogP contribution is -2.27. The summed E-state index contributed by atoms with van der Waals surface area (Å²) < 4.78 is 1.71. The number of carbonyl (C=O) groups is 1. The quantitative estimate of drug-likeness (QED) is 0.877. The monoisotopic (exact) mass is 274 g/mol. The summed E-state index contributed by atoms with van der Waals surface area (Å²) in [6.07, 6.45) is 3.62. The first-order valence-electron chi connectivity index (χ1n) is 6.40. The van der Waals surface area contributed by atoms with Crippen LogP contribution in [0.25, 0.3) is 0 Å². The average Bonchev–Trinajstić information content (AvgIpc) is 2.84. The fraction of sp³-hybridized carbons (Fsp3) is 0.385. The zero-order chi connectivity index (χ0) is 14.5. The Bertz CT molecular complexity index is 577. The molecule has 0 radical (unpaired) electrons. The van der Waals surface area contributed by atoms with Gasteiger partial charge in [0.2, 0.25) is 0 Å². The molecular weight excluding hydrogens is 256 g/mol. The number of hydrogen-bond donors (Lipinski definition) is 1. The van der Waals surface area contributed by atoms with Gasteiger partial charge in [0.25, 0.3) is 5.91 Å². The van der Waals surface area contributed by atoms with Gasteiger partial charge < -0.3 is 10.2 Å². The minimum Gasteiger partial charge on any atom is -0.369 e. The number of aromatic nitrogens is 4. The van der Waals surface area contributed by atoms with Crippen molar-refractivity contribution in [3.05, 3.63) is 35.8 Å². The minimum atomic E-state index is -0.163. The maximum atomic E-state index is 12.2. The van der Waals surface area contributed by atoms with Gasteiger partial charge in [-0.25, -0.2) is 0 Å². The van der Waals surface area contributed by atoms with Crippen LogP contribution in [0.1, 0.15) is 23.0 Å². The molecule has 0 aliphatic carbocycles. The third kappa shape index (κ3) is 3.31. The van der Waals surface area contributed by atoms with Crippen molar-refractivity contribution in [3.8, 4) is 0 Å². The molecule has 7 heteroatoms. The molecule has 0 unspecified atom stereocenters. The Morgan fingerprint density at radius 3 is 2.75 bits per heavy atom. The first-order chi connectivity index (χ1) is 9.60. The van der Waals surface area contributed by atoms with Crippen molar-refractivity contribution in [2.75, 3.05) is 18.9 Å². The first kappa shape index (κ1) is 14.0. The van der Waals surface area contributed by atoms with Crippen LogP contribution in [-0.2, 0) is 13.6 Å². The van der Waals surface area contributed by atoms with Gasteiger partial charge in [-0.1, -0.05) is 0 Å². The number of nitrogens with zero attached hydrogens (tertiary/aromatic N) is 5. The van der Waals surface area contributed by atoms with Gasteiger partial charge >= 0.3 is 0 Å². The van der Waals surface area contributed by atoms with E-state index in [0.29, 0.717) is 18.1 Å². The van der Waals surface area contributed by atoms with E-state index in [4.69, 9.17) is 0 Å². The molecule has 0 saturated carbocycles. The molecule has 0 atom stereocenters. The molecule has 7 nitrogen and oxygen atoms in total. The second kappa shape index (κ2) is 6.14. The van der Waals surface area contributed by atoms with Gasteiger partial charge in [-0.15, -0.1) is 10.2 Å². The Balaban J connectivity index is 2.02. The standard InChI is InChI=1S/C13H18N6O/c1-4-14-12-6-5-11(16-17-12)13(20)18(2)8-10-7-15-19(3)9-10/h5-7,9H,4,8H2,1-3H3,(H,14,17). The van der Waals surface area contributed by atoms with Crippen molar-refractivity contribution in [3.63, 3.8) is 0 Å². The molecule has 2 heterocycles. The van der Waals surface area contributed by atoms with Gasteiger partial charge in [0, 0.05) is 38.9 Å². The van der Waals surface area contributed by atoms with Crippen LogP contribution in [0.3, 0.4) is 0 Å². The van der Waals surface area contributed by atoms with Gasteiger partial charge in [-0.05, 0) is 19.1 Å². The summed E-state index contributed by atoms with van der Waals surface area (Å²) in [6, 6.07) is 3.43. The molecule has 2 rings (SSSR count). The van der Waals surface area contributed by atoms with E-state index >= 15 is 0 Å². The molecule has 0 bridgehead atoms. The maximum Gasteiger partial charge on any atom is 0.274 e. The summed E-state index contributed by atoms with van der Waals surface area (Å²) in [5.41, 5.74) is 1.30. The fourth-order valence-corrected chi connectivity index (χ4v) is 1.82. The molecule has 2 aromatic heterocycles. The average molecular weight is 274 g/mol. The predicted molar refractivity (Wildman–Crippen MR) is 75.2 cm³/mol. The van der Waals surface area contributed by atoms with E-state index in [0.717, 1.165) is 12.1 Å². The summed E-state index contributed by atoms with van der Waals surface area (Å²) in [5, 5.41) is 15.0. The van der Waals surface area contributed by atoms with Crippen molar-refractivity contribution in [1.29, 1.82) is 0 Å². The Morgan fingerprint density at radius 2 is 2.20 bits per heavy atom. The highest BCUT2D eigenvalue weighted by atomic mass is 16.2. The van der Waals surface area contributed by atoms with Crippen LogP contribution in [-0.4, -0.2) is 44.4 Å². The van der Waals surface area contributed by atoms with E-state index in [1.54, 1.807) is 35.0 Å². The third-order valence-corrected chi connectivity index (χ3v) is 2.77. The van der Waals surface area contributed by atoms with Crippen LogP contribution in [0.15, 0.2) is 24.5 Å². The summed E-state index contributed by atoms with van der Waals surface area (Å²) in [5.74, 6) is 0.503. The van der Waals surface area contributed by atoms with Crippen molar-refractivity contribution < 1.29 is 4.79 Å². The van der Waals surface area contributed by atoms with Crippen LogP contribution in [0.2, 0.25) is 0 Å². The van der Waals surface area contributed by atoms with Crippen LogP contribution in [0.4, 0.5) is 5.82 Å². The summed E-state index contributed by atoms with van der Waals surface area (Å²) in [6.45, 7) is 3.23. The predicted octanol–water partition coefficient (Wildman–Crippen LogP) is 0.914. The number of anilines is 1. The summed E-state index contributed by atoms with van der Waals surface area (Å²) in [7, 11) is 3.57. The van der Waals surface area contributed by atoms with Crippen LogP contribution < -0.4 is 5.32 Å². The Labute approximate surface area is 117 Å². The molecule has 106 valence electrons. The zero-order valence-electron chi connectivity index (χ0n) is 11.9. The topological polar surface area (TPSA) is 75.9 Å². The number of amides is 1. The SMILES string of the molecule is CCNc1ccc(C(=O)N(C)Cc2cnn(C)c2)nn1. The Hall–Kier alpha value is -2.44. The minimum absolute atomic E-state index is 0.163. The van der Waals surface area contributed by atoms with E-state index in [1.807, 2.05) is 20.2 Å². The second-order valence-corrected chi connectivity index (χ2v) is 4.52. The molecule has 0 aromatic carbocycles. The summed E-state index contributed by atoms with van der Waals surface area (Å²) in [4.78, 5) is 13.8. The molecule has 0 fully saturated rings. The number of rotatable bonds is 5. The Morgan fingerprint density at radius 1 is 1.40 bits per heavy atom. The van der Waals surface area contributed by atoms with E-state index < -0.39 is 0 Å². The molecule has 20 heavy (non-hydrogen) atoms. The smallest absolute Gasteiger partial charge is 0.274 e. The maximum absolute atomic E-state index is 12.2. The molecule has 0 saturated heterocycles. The third-order valence-electron chi connectivity index (χ3n) is 2.77. The molecule has 0 aliphatic heterocycles. The molecule has 1 N–H and O–H groups in total. The number of hydrogen-bond acceptors (Lipinski definition) is 5. The largest absolute Gasteiger partial charge is 0.369 e. The van der Waals surface area contributed by atoms with Crippen LogP contribution in [0, 0.1) is 0 Å². The molecular formula is C13H18N6O. The van der Waals surface area contributed by atoms with Crippen molar-refractivity contribution in [1.82, 2.24) is 24.9 Å².